The minimum atomic E-state index is -4.90. The molecule has 13 heteroatoms. The van der Waals surface area contributed by atoms with Crippen molar-refractivity contribution in [2.24, 2.45) is 0 Å². The van der Waals surface area contributed by atoms with Crippen molar-refractivity contribution in [2.45, 2.75) is 19.6 Å². The normalized spacial score (nSPS) is 14.1. The van der Waals surface area contributed by atoms with Gasteiger partial charge in [-0.2, -0.15) is 13.2 Å². The number of aromatic nitrogens is 3. The highest BCUT2D eigenvalue weighted by molar-refractivity contribution is 5.94. The molecule has 0 bridgehead atoms. The maximum atomic E-state index is 14.3. The van der Waals surface area contributed by atoms with Gasteiger partial charge >= 0.3 is 17.3 Å². The molecule has 1 aliphatic rings. The minimum Gasteiger partial charge on any atom is -0.410 e. The van der Waals surface area contributed by atoms with Crippen molar-refractivity contribution in [2.75, 3.05) is 32.8 Å². The molecule has 218 valence electrons. The van der Waals surface area contributed by atoms with E-state index in [9.17, 15) is 32.3 Å². The summed E-state index contributed by atoms with van der Waals surface area (Å²) in [5, 5.41) is 0. The molecule has 0 aliphatic carbocycles. The second-order valence-corrected chi connectivity index (χ2v) is 9.66. The first-order valence-corrected chi connectivity index (χ1v) is 13.1. The molecular weight excluding hydrogens is 555 g/mol. The second kappa shape index (κ2) is 11.6. The quantitative estimate of drug-likeness (QED) is 0.246. The number of piperazine rings is 1. The lowest BCUT2D eigenvalue weighted by Crippen LogP contribution is -2.48. The number of rotatable bonds is 7. The number of carbonyl (C=O) groups excluding carboxylic acids is 2. The second-order valence-electron chi connectivity index (χ2n) is 9.66. The van der Waals surface area contributed by atoms with Crippen LogP contribution in [0.4, 0.5) is 13.2 Å². The number of halogens is 3. The molecule has 2 aromatic heterocycles. The third-order valence-corrected chi connectivity index (χ3v) is 7.03. The van der Waals surface area contributed by atoms with Crippen molar-refractivity contribution >= 4 is 29.1 Å². The summed E-state index contributed by atoms with van der Waals surface area (Å²) in [5.41, 5.74) is -3.26. The van der Waals surface area contributed by atoms with Crippen molar-refractivity contribution in [1.29, 1.82) is 0 Å². The van der Waals surface area contributed by atoms with Gasteiger partial charge in [-0.1, -0.05) is 30.3 Å². The van der Waals surface area contributed by atoms with Gasteiger partial charge in [0.1, 0.15) is 18.1 Å². The van der Waals surface area contributed by atoms with Gasteiger partial charge < -0.3 is 14.3 Å². The zero-order valence-electron chi connectivity index (χ0n) is 22.5. The fourth-order valence-electron chi connectivity index (χ4n) is 5.02. The van der Waals surface area contributed by atoms with E-state index in [1.54, 1.807) is 4.90 Å². The molecule has 0 radical (unpaired) electrons. The van der Waals surface area contributed by atoms with Crippen LogP contribution >= 0.6 is 0 Å². The van der Waals surface area contributed by atoms with Crippen LogP contribution in [0.5, 0.6) is 0 Å². The summed E-state index contributed by atoms with van der Waals surface area (Å²) in [4.78, 5) is 58.6. The summed E-state index contributed by atoms with van der Waals surface area (Å²) in [6.45, 7) is 4.44. The van der Waals surface area contributed by atoms with Gasteiger partial charge in [0, 0.05) is 45.1 Å². The van der Waals surface area contributed by atoms with Crippen LogP contribution in [-0.2, 0) is 17.5 Å². The summed E-state index contributed by atoms with van der Waals surface area (Å²) < 4.78 is 45.1. The van der Waals surface area contributed by atoms with Crippen LogP contribution in [0.2, 0.25) is 0 Å². The van der Waals surface area contributed by atoms with Gasteiger partial charge in [0.2, 0.25) is 0 Å². The topological polar surface area (TPSA) is 98.8 Å². The van der Waals surface area contributed by atoms with E-state index in [0.29, 0.717) is 47.7 Å². The van der Waals surface area contributed by atoms with Crippen LogP contribution in [0.25, 0.3) is 22.9 Å². The first-order valence-electron chi connectivity index (χ1n) is 13.1. The minimum absolute atomic E-state index is 0.0703. The van der Waals surface area contributed by atoms with Crippen molar-refractivity contribution in [3.63, 3.8) is 0 Å². The Balaban J connectivity index is 1.49. The summed E-state index contributed by atoms with van der Waals surface area (Å²) in [6, 6.07) is 13.1. The van der Waals surface area contributed by atoms with Crippen LogP contribution in [0, 0.1) is 0 Å². The fraction of sp³-hybridized carbons (Fsp3) is 0.276. The number of fused-ring (bicyclic) bond motifs is 1. The number of benzene rings is 2. The lowest BCUT2D eigenvalue weighted by atomic mass is 10.1. The highest BCUT2D eigenvalue weighted by Gasteiger charge is 2.36. The number of amides is 1. The Kier molecular flexibility index (Phi) is 7.88. The summed E-state index contributed by atoms with van der Waals surface area (Å²) in [7, 11) is 0. The molecule has 4 aromatic rings. The zero-order chi connectivity index (χ0) is 30.0. The molecule has 0 unspecified atom stereocenters. The van der Waals surface area contributed by atoms with Crippen molar-refractivity contribution < 1.29 is 27.6 Å². The summed E-state index contributed by atoms with van der Waals surface area (Å²) in [5.74, 6) is 1.01. The Labute approximate surface area is 237 Å². The van der Waals surface area contributed by atoms with E-state index < -0.39 is 28.5 Å². The molecule has 1 aliphatic heterocycles. The molecule has 0 N–H and O–H groups in total. The number of alkyl halides is 3. The molecule has 5 rings (SSSR count). The van der Waals surface area contributed by atoms with Crippen molar-refractivity contribution in [3.8, 4) is 5.69 Å². The molecule has 2 aromatic carbocycles. The Morgan fingerprint density at radius 1 is 1.00 bits per heavy atom. The van der Waals surface area contributed by atoms with E-state index in [2.05, 4.69) is 4.90 Å². The molecule has 10 nitrogen and oxygen atoms in total. The van der Waals surface area contributed by atoms with E-state index in [4.69, 9.17) is 4.84 Å². The largest absolute Gasteiger partial charge is 0.418 e. The monoisotopic (exact) mass is 581 g/mol. The van der Waals surface area contributed by atoms with E-state index in [-0.39, 0.29) is 29.1 Å². The smallest absolute Gasteiger partial charge is 0.410 e. The van der Waals surface area contributed by atoms with Crippen molar-refractivity contribution in [1.82, 2.24) is 23.7 Å². The number of carbonyl (C=O) groups is 1. The molecule has 3 heterocycles. The van der Waals surface area contributed by atoms with Gasteiger partial charge in [-0.3, -0.25) is 23.9 Å². The van der Waals surface area contributed by atoms with Gasteiger partial charge in [-0.15, -0.1) is 4.73 Å². The molecule has 1 fully saturated rings. The average molecular weight is 582 g/mol. The highest BCUT2D eigenvalue weighted by Crippen LogP contribution is 2.36. The van der Waals surface area contributed by atoms with Crippen LogP contribution in [0.1, 0.15) is 28.4 Å². The molecule has 42 heavy (non-hydrogen) atoms. The van der Waals surface area contributed by atoms with Crippen LogP contribution < -0.4 is 16.0 Å². The Bertz CT molecular complexity index is 1790. The van der Waals surface area contributed by atoms with Gasteiger partial charge in [-0.25, -0.2) is 4.79 Å². The number of hydrogen-bond acceptors (Lipinski definition) is 6. The van der Waals surface area contributed by atoms with Crippen LogP contribution in [-0.4, -0.2) is 68.3 Å². The summed E-state index contributed by atoms with van der Waals surface area (Å²) in [6.07, 6.45) is -1.74. The molecule has 0 spiro atoms. The Hall–Kier alpha value is -4.87. The molecule has 1 amide bonds. The third-order valence-electron chi connectivity index (χ3n) is 7.03. The Morgan fingerprint density at radius 2 is 1.71 bits per heavy atom. The van der Waals surface area contributed by atoms with Gasteiger partial charge in [0.15, 0.2) is 0 Å². The van der Waals surface area contributed by atoms with E-state index in [0.717, 1.165) is 17.2 Å². The van der Waals surface area contributed by atoms with Gasteiger partial charge in [-0.05, 0) is 30.7 Å². The maximum absolute atomic E-state index is 14.3. The highest BCUT2D eigenvalue weighted by atomic mass is 19.4. The Morgan fingerprint density at radius 3 is 2.36 bits per heavy atom. The molecule has 0 atom stereocenters. The lowest BCUT2D eigenvalue weighted by Gasteiger charge is -2.34. The lowest BCUT2D eigenvalue weighted by molar-refractivity contribution is -0.137. The predicted octanol–water partition coefficient (Wildman–Crippen LogP) is 2.68. The number of nitrogens with zero attached hydrogens (tertiary/aromatic N) is 5. The number of hydrogen-bond donors (Lipinski definition) is 0. The maximum Gasteiger partial charge on any atom is 0.418 e. The van der Waals surface area contributed by atoms with E-state index >= 15 is 0 Å². The van der Waals surface area contributed by atoms with Gasteiger partial charge in [0.05, 0.1) is 28.5 Å². The SMILES string of the molecule is CCOn1c(=O)c(=O)n(C=C=O)c2cc(C(F)(F)F)c(-n3ccc(C(=O)N4CCN(Cc5ccccc5)CC4)c3)cc21. The molecule has 0 saturated carbocycles. The fourth-order valence-corrected chi connectivity index (χ4v) is 5.02. The average Bonchev–Trinajstić information content (AvgIpc) is 3.47. The first-order chi connectivity index (χ1) is 20.1. The third kappa shape index (κ3) is 5.52. The first kappa shape index (κ1) is 28.7. The van der Waals surface area contributed by atoms with E-state index in [1.165, 1.54) is 36.9 Å². The predicted molar refractivity (Wildman–Crippen MR) is 148 cm³/mol. The van der Waals surface area contributed by atoms with Crippen LogP contribution in [0.15, 0.2) is 70.5 Å². The van der Waals surface area contributed by atoms with E-state index in [1.807, 2.05) is 30.3 Å². The van der Waals surface area contributed by atoms with Crippen LogP contribution in [0.3, 0.4) is 0 Å². The van der Waals surface area contributed by atoms with Gasteiger partial charge in [0.25, 0.3) is 5.91 Å². The zero-order valence-corrected chi connectivity index (χ0v) is 22.5. The van der Waals surface area contributed by atoms with Crippen molar-refractivity contribution in [3.05, 3.63) is 98.3 Å². The summed E-state index contributed by atoms with van der Waals surface area (Å²) >= 11 is 0. The molecular formula is C29H26F3N5O5. The standard InChI is InChI=1S/C29H26F3N5O5/c1-2-42-37-25-17-23(22(29(30,31)32)16-24(25)36(14-15-38)27(40)28(37)41)35-9-8-21(19-35)26(39)34-12-10-33(11-13-34)18-20-6-4-3-5-7-20/h3-9,14,16-17,19H,2,10-13,18H2,1H3. The molecule has 1 saturated heterocycles.